The lowest BCUT2D eigenvalue weighted by molar-refractivity contribution is 0.103. The summed E-state index contributed by atoms with van der Waals surface area (Å²) in [5.41, 5.74) is 0. The van der Waals surface area contributed by atoms with E-state index in [1.54, 1.807) is 0 Å². The van der Waals surface area contributed by atoms with Crippen molar-refractivity contribution >= 4 is 0 Å². The Kier molecular flexibility index (Phi) is 4.87. The first-order valence-electron chi connectivity index (χ1n) is 7.72. The molecule has 0 aromatic rings. The zero-order chi connectivity index (χ0) is 12.3. The summed E-state index contributed by atoms with van der Waals surface area (Å²) >= 11 is 0. The minimum Gasteiger partial charge on any atom is -0.311 e. The topological polar surface area (TPSA) is 15.3 Å². The summed E-state index contributed by atoms with van der Waals surface area (Å²) in [7, 11) is 0. The minimum atomic E-state index is 0.724. The van der Waals surface area contributed by atoms with Gasteiger partial charge < -0.3 is 5.32 Å². The predicted octanol–water partition coefficient (Wildman–Crippen LogP) is 2.89. The maximum absolute atomic E-state index is 3.76. The lowest BCUT2D eigenvalue weighted by Gasteiger charge is -2.42. The molecule has 0 bridgehead atoms. The highest BCUT2D eigenvalue weighted by Crippen LogP contribution is 2.33. The van der Waals surface area contributed by atoms with Crippen LogP contribution in [0.3, 0.4) is 0 Å². The molecule has 1 saturated carbocycles. The van der Waals surface area contributed by atoms with Crippen LogP contribution < -0.4 is 5.32 Å². The van der Waals surface area contributed by atoms with Crippen LogP contribution in [-0.4, -0.2) is 36.6 Å². The molecule has 0 radical (unpaired) electrons. The summed E-state index contributed by atoms with van der Waals surface area (Å²) in [6.07, 6.45) is 7.04. The molecule has 2 rings (SSSR count). The Morgan fingerprint density at radius 1 is 1.29 bits per heavy atom. The van der Waals surface area contributed by atoms with Crippen molar-refractivity contribution < 1.29 is 0 Å². The van der Waals surface area contributed by atoms with Crippen LogP contribution in [0.2, 0.25) is 0 Å². The van der Waals surface area contributed by atoms with E-state index in [2.05, 4.69) is 31.0 Å². The molecule has 1 aliphatic carbocycles. The van der Waals surface area contributed by atoms with Gasteiger partial charge in [0.05, 0.1) is 0 Å². The Labute approximate surface area is 107 Å². The first-order chi connectivity index (χ1) is 8.24. The van der Waals surface area contributed by atoms with E-state index in [9.17, 15) is 0 Å². The fourth-order valence-corrected chi connectivity index (χ4v) is 2.98. The largest absolute Gasteiger partial charge is 0.311 e. The molecular weight excluding hydrogens is 208 g/mol. The van der Waals surface area contributed by atoms with E-state index in [0.717, 1.165) is 23.9 Å². The second kappa shape index (κ2) is 6.19. The molecule has 1 saturated heterocycles. The number of hydrogen-bond donors (Lipinski definition) is 1. The first-order valence-corrected chi connectivity index (χ1v) is 7.72. The van der Waals surface area contributed by atoms with E-state index in [-0.39, 0.29) is 0 Å². The fraction of sp³-hybridized carbons (Fsp3) is 1.00. The van der Waals surface area contributed by atoms with Gasteiger partial charge in [0, 0.05) is 25.2 Å². The van der Waals surface area contributed by atoms with Gasteiger partial charge in [-0.15, -0.1) is 0 Å². The van der Waals surface area contributed by atoms with Gasteiger partial charge in [-0.3, -0.25) is 4.90 Å². The van der Waals surface area contributed by atoms with Crippen LogP contribution in [-0.2, 0) is 0 Å². The number of nitrogens with one attached hydrogen (secondary N) is 1. The lowest BCUT2D eigenvalue weighted by Crippen LogP contribution is -2.58. The van der Waals surface area contributed by atoms with Crippen LogP contribution in [0.5, 0.6) is 0 Å². The van der Waals surface area contributed by atoms with E-state index in [4.69, 9.17) is 0 Å². The van der Waals surface area contributed by atoms with Crippen LogP contribution in [0.25, 0.3) is 0 Å². The smallest absolute Gasteiger partial charge is 0.0221 e. The van der Waals surface area contributed by atoms with Gasteiger partial charge >= 0.3 is 0 Å². The molecular formula is C15H30N2. The van der Waals surface area contributed by atoms with Gasteiger partial charge in [-0.25, -0.2) is 0 Å². The van der Waals surface area contributed by atoms with Crippen molar-refractivity contribution in [2.45, 2.75) is 65.0 Å². The van der Waals surface area contributed by atoms with E-state index < -0.39 is 0 Å². The second-order valence-electron chi connectivity index (χ2n) is 6.19. The first kappa shape index (κ1) is 13.4. The van der Waals surface area contributed by atoms with Crippen LogP contribution in [0.1, 0.15) is 52.9 Å². The third-order valence-electron chi connectivity index (χ3n) is 4.89. The number of rotatable bonds is 6. The number of nitrogens with zero attached hydrogens (tertiary/aromatic N) is 1. The molecule has 3 unspecified atom stereocenters. The van der Waals surface area contributed by atoms with Crippen LogP contribution in [0.4, 0.5) is 0 Å². The summed E-state index contributed by atoms with van der Waals surface area (Å²) in [6, 6.07) is 1.51. The molecule has 1 N–H and O–H groups in total. The van der Waals surface area contributed by atoms with Gasteiger partial charge in [0.2, 0.25) is 0 Å². The number of piperazine rings is 1. The van der Waals surface area contributed by atoms with Gasteiger partial charge in [0.1, 0.15) is 0 Å². The summed E-state index contributed by atoms with van der Waals surface area (Å²) in [5, 5.41) is 3.76. The molecule has 1 heterocycles. The molecule has 2 nitrogen and oxygen atoms in total. The van der Waals surface area contributed by atoms with E-state index in [0.29, 0.717) is 0 Å². The van der Waals surface area contributed by atoms with Gasteiger partial charge in [0.15, 0.2) is 0 Å². The average Bonchev–Trinajstić information content (AvgIpc) is 3.19. The third-order valence-corrected chi connectivity index (χ3v) is 4.89. The Balaban J connectivity index is 1.83. The monoisotopic (exact) mass is 238 g/mol. The van der Waals surface area contributed by atoms with E-state index in [1.807, 2.05) is 0 Å². The van der Waals surface area contributed by atoms with Crippen molar-refractivity contribution in [3.05, 3.63) is 0 Å². The SMILES string of the molecule is CCC(C)C1CN(CCC2CC2)C(CC)CN1. The van der Waals surface area contributed by atoms with E-state index >= 15 is 0 Å². The van der Waals surface area contributed by atoms with Crippen molar-refractivity contribution in [1.29, 1.82) is 0 Å². The van der Waals surface area contributed by atoms with Gasteiger partial charge in [-0.05, 0) is 31.2 Å². The Morgan fingerprint density at radius 2 is 2.06 bits per heavy atom. The van der Waals surface area contributed by atoms with Crippen molar-refractivity contribution in [3.8, 4) is 0 Å². The molecule has 1 aliphatic heterocycles. The predicted molar refractivity (Wildman–Crippen MR) is 74.2 cm³/mol. The van der Waals surface area contributed by atoms with Crippen molar-refractivity contribution in [3.63, 3.8) is 0 Å². The molecule has 2 heteroatoms. The van der Waals surface area contributed by atoms with Crippen molar-refractivity contribution in [2.24, 2.45) is 11.8 Å². The summed E-state index contributed by atoms with van der Waals surface area (Å²) in [4.78, 5) is 2.77. The number of hydrogen-bond acceptors (Lipinski definition) is 2. The van der Waals surface area contributed by atoms with Crippen LogP contribution >= 0.6 is 0 Å². The Morgan fingerprint density at radius 3 is 2.65 bits per heavy atom. The maximum atomic E-state index is 3.76. The Bertz CT molecular complexity index is 225. The summed E-state index contributed by atoms with van der Waals surface area (Å²) in [5.74, 6) is 1.89. The van der Waals surface area contributed by atoms with E-state index in [1.165, 1.54) is 51.7 Å². The molecule has 17 heavy (non-hydrogen) atoms. The summed E-state index contributed by atoms with van der Waals surface area (Å²) in [6.45, 7) is 10.9. The minimum absolute atomic E-state index is 0.724. The van der Waals surface area contributed by atoms with Gasteiger partial charge in [-0.1, -0.05) is 40.0 Å². The van der Waals surface area contributed by atoms with Crippen molar-refractivity contribution in [1.82, 2.24) is 10.2 Å². The molecule has 0 aromatic carbocycles. The molecule has 2 aliphatic rings. The van der Waals surface area contributed by atoms with Crippen LogP contribution in [0.15, 0.2) is 0 Å². The normalized spacial score (nSPS) is 32.6. The van der Waals surface area contributed by atoms with Gasteiger partial charge in [-0.2, -0.15) is 0 Å². The molecule has 3 atom stereocenters. The molecule has 0 amide bonds. The zero-order valence-corrected chi connectivity index (χ0v) is 11.9. The maximum Gasteiger partial charge on any atom is 0.0221 e. The highest BCUT2D eigenvalue weighted by Gasteiger charge is 2.30. The zero-order valence-electron chi connectivity index (χ0n) is 11.9. The average molecular weight is 238 g/mol. The van der Waals surface area contributed by atoms with Gasteiger partial charge in [0.25, 0.3) is 0 Å². The summed E-state index contributed by atoms with van der Waals surface area (Å²) < 4.78 is 0. The fourth-order valence-electron chi connectivity index (χ4n) is 2.98. The standard InChI is InChI=1S/C15H30N2/c1-4-12(3)15-11-17(9-8-13-6-7-13)14(5-2)10-16-15/h12-16H,4-11H2,1-3H3. The van der Waals surface area contributed by atoms with Crippen LogP contribution in [0, 0.1) is 11.8 Å². The lowest BCUT2D eigenvalue weighted by atomic mass is 9.94. The molecule has 100 valence electrons. The van der Waals surface area contributed by atoms with Crippen molar-refractivity contribution in [2.75, 3.05) is 19.6 Å². The second-order valence-corrected chi connectivity index (χ2v) is 6.19. The highest BCUT2D eigenvalue weighted by atomic mass is 15.2. The molecule has 0 spiro atoms. The highest BCUT2D eigenvalue weighted by molar-refractivity contribution is 4.88. The third kappa shape index (κ3) is 3.69. The molecule has 2 fully saturated rings. The Hall–Kier alpha value is -0.0800. The molecule has 0 aromatic heterocycles. The quantitative estimate of drug-likeness (QED) is 0.765.